The van der Waals surface area contributed by atoms with E-state index in [1.807, 2.05) is 13.8 Å². The molecule has 0 saturated heterocycles. The maximum atomic E-state index is 12.9. The van der Waals surface area contributed by atoms with Gasteiger partial charge in [0.05, 0.1) is 6.04 Å². The monoisotopic (exact) mass is 315 g/mol. The van der Waals surface area contributed by atoms with Crippen LogP contribution in [-0.4, -0.2) is 40.7 Å². The number of aliphatic carboxylic acids is 1. The lowest BCUT2D eigenvalue weighted by molar-refractivity contribution is -0.140. The zero-order chi connectivity index (χ0) is 17.1. The first kappa shape index (κ1) is 16.7. The van der Waals surface area contributed by atoms with E-state index in [9.17, 15) is 14.7 Å². The summed E-state index contributed by atoms with van der Waals surface area (Å²) in [4.78, 5) is 26.3. The van der Waals surface area contributed by atoms with Crippen molar-refractivity contribution in [3.8, 4) is 0 Å². The fourth-order valence-electron chi connectivity index (χ4n) is 3.06. The lowest BCUT2D eigenvalue weighted by Gasteiger charge is -2.41. The molecule has 6 nitrogen and oxygen atoms in total. The average molecular weight is 315 g/mol. The van der Waals surface area contributed by atoms with E-state index in [-0.39, 0.29) is 11.8 Å². The van der Waals surface area contributed by atoms with Gasteiger partial charge < -0.3 is 21.1 Å². The van der Waals surface area contributed by atoms with Crippen molar-refractivity contribution in [2.24, 2.45) is 11.7 Å². The van der Waals surface area contributed by atoms with Crippen molar-refractivity contribution in [2.45, 2.75) is 25.8 Å². The second-order valence-electron chi connectivity index (χ2n) is 6.01. The third kappa shape index (κ3) is 2.97. The summed E-state index contributed by atoms with van der Waals surface area (Å²) < 4.78 is 0. The van der Waals surface area contributed by atoms with Crippen LogP contribution < -0.4 is 5.73 Å². The molecule has 122 valence electrons. The number of rotatable bonds is 5. The summed E-state index contributed by atoms with van der Waals surface area (Å²) in [5, 5.41) is 17.3. The molecule has 2 rings (SSSR count). The van der Waals surface area contributed by atoms with Crippen molar-refractivity contribution in [1.82, 2.24) is 4.90 Å². The van der Waals surface area contributed by atoms with Crippen molar-refractivity contribution >= 4 is 18.1 Å². The molecule has 0 bridgehead atoms. The summed E-state index contributed by atoms with van der Waals surface area (Å²) in [5.41, 5.74) is 6.78. The average Bonchev–Trinajstić information content (AvgIpc) is 2.51. The Morgan fingerprint density at radius 3 is 2.61 bits per heavy atom. The summed E-state index contributed by atoms with van der Waals surface area (Å²) in [6.45, 7) is 4.31. The molecule has 0 saturated carbocycles. The number of nitrogens with two attached hydrogens (primary N) is 1. The number of fused-ring (bicyclic) bond motifs is 1. The van der Waals surface area contributed by atoms with Crippen LogP contribution in [0, 0.1) is 11.3 Å². The third-order valence-electron chi connectivity index (χ3n) is 3.97. The minimum Gasteiger partial charge on any atom is -0.481 e. The van der Waals surface area contributed by atoms with E-state index in [1.165, 1.54) is 11.1 Å². The predicted octanol–water partition coefficient (Wildman–Crippen LogP) is 1.83. The van der Waals surface area contributed by atoms with Crippen LogP contribution in [-0.2, 0) is 4.79 Å². The third-order valence-corrected chi connectivity index (χ3v) is 3.97. The van der Waals surface area contributed by atoms with Gasteiger partial charge in [0.2, 0.25) is 0 Å². The van der Waals surface area contributed by atoms with Crippen molar-refractivity contribution in [1.29, 1.82) is 5.41 Å². The molecule has 1 amide bonds. The maximum Gasteiger partial charge on any atom is 0.313 e. The van der Waals surface area contributed by atoms with Crippen LogP contribution in [0.25, 0.3) is 0 Å². The first-order chi connectivity index (χ1) is 10.9. The second kappa shape index (κ2) is 6.64. The van der Waals surface area contributed by atoms with E-state index >= 15 is 0 Å². The lowest BCUT2D eigenvalue weighted by atomic mass is 9.79. The van der Waals surface area contributed by atoms with Gasteiger partial charge in [0.25, 0.3) is 5.91 Å². The number of carboxylic acid groups (broad SMARTS) is 1. The minimum atomic E-state index is -1.04. The van der Waals surface area contributed by atoms with Gasteiger partial charge in [-0.25, -0.2) is 0 Å². The fraction of sp³-hybridized carbons (Fsp3) is 0.353. The Hall–Kier alpha value is -2.63. The quantitative estimate of drug-likeness (QED) is 0.720. The van der Waals surface area contributed by atoms with E-state index in [0.29, 0.717) is 23.2 Å². The highest BCUT2D eigenvalue weighted by molar-refractivity contribution is 6.01. The Balaban J connectivity index is 2.68. The van der Waals surface area contributed by atoms with E-state index in [1.54, 1.807) is 24.3 Å². The normalized spacial score (nSPS) is 21.3. The summed E-state index contributed by atoms with van der Waals surface area (Å²) in [6.07, 6.45) is 2.23. The molecule has 0 aromatic heterocycles. The molecular weight excluding hydrogens is 294 g/mol. The largest absolute Gasteiger partial charge is 0.481 e. The van der Waals surface area contributed by atoms with E-state index < -0.39 is 17.9 Å². The van der Waals surface area contributed by atoms with Gasteiger partial charge in [-0.15, -0.1) is 0 Å². The summed E-state index contributed by atoms with van der Waals surface area (Å²) in [7, 11) is 0. The van der Waals surface area contributed by atoms with Gasteiger partial charge in [0.1, 0.15) is 5.92 Å². The molecule has 1 aromatic rings. The summed E-state index contributed by atoms with van der Waals surface area (Å²) >= 11 is 0. The topological polar surface area (TPSA) is 107 Å². The van der Waals surface area contributed by atoms with Crippen molar-refractivity contribution in [3.63, 3.8) is 0 Å². The smallest absolute Gasteiger partial charge is 0.313 e. The Morgan fingerprint density at radius 2 is 2.09 bits per heavy atom. The Labute approximate surface area is 135 Å². The molecule has 0 spiro atoms. The molecule has 6 heteroatoms. The van der Waals surface area contributed by atoms with Crippen molar-refractivity contribution in [2.75, 3.05) is 6.54 Å². The number of hydrogen-bond donors (Lipinski definition) is 3. The van der Waals surface area contributed by atoms with E-state index in [0.717, 1.165) is 6.21 Å². The van der Waals surface area contributed by atoms with Crippen LogP contribution in [0.2, 0.25) is 0 Å². The van der Waals surface area contributed by atoms with Gasteiger partial charge in [0, 0.05) is 30.1 Å². The molecule has 1 aliphatic heterocycles. The van der Waals surface area contributed by atoms with Crippen LogP contribution in [0.15, 0.2) is 36.0 Å². The van der Waals surface area contributed by atoms with Crippen molar-refractivity contribution in [3.05, 3.63) is 47.2 Å². The lowest BCUT2D eigenvalue weighted by Crippen LogP contribution is -2.52. The first-order valence-electron chi connectivity index (χ1n) is 7.47. The fourth-order valence-corrected chi connectivity index (χ4v) is 3.06. The molecule has 0 radical (unpaired) electrons. The second-order valence-corrected chi connectivity index (χ2v) is 6.01. The molecule has 23 heavy (non-hydrogen) atoms. The van der Waals surface area contributed by atoms with Crippen LogP contribution in [0.1, 0.15) is 35.7 Å². The number of nitrogens with one attached hydrogen (secondary N) is 1. The molecule has 2 atom stereocenters. The molecule has 1 aliphatic rings. The molecular formula is C17H21N3O3. The minimum absolute atomic E-state index is 0.158. The van der Waals surface area contributed by atoms with Crippen LogP contribution in [0.5, 0.6) is 0 Å². The number of carbonyl (C=O) groups excluding carboxylic acids is 1. The van der Waals surface area contributed by atoms with Gasteiger partial charge >= 0.3 is 5.97 Å². The Bertz CT molecular complexity index is 667. The highest BCUT2D eigenvalue weighted by Gasteiger charge is 2.44. The first-order valence-corrected chi connectivity index (χ1v) is 7.47. The number of benzene rings is 1. The van der Waals surface area contributed by atoms with Crippen LogP contribution in [0.4, 0.5) is 0 Å². The number of amides is 1. The van der Waals surface area contributed by atoms with Gasteiger partial charge in [-0.1, -0.05) is 32.0 Å². The Morgan fingerprint density at radius 1 is 1.43 bits per heavy atom. The molecule has 0 aliphatic carbocycles. The van der Waals surface area contributed by atoms with Gasteiger partial charge in [-0.05, 0) is 17.5 Å². The van der Waals surface area contributed by atoms with Crippen LogP contribution in [0.3, 0.4) is 0 Å². The summed E-state index contributed by atoms with van der Waals surface area (Å²) in [6, 6.07) is 5.96. The number of carbonyl (C=O) groups is 2. The SMILES string of the molecule is CC(C)CN1C(=O)c2ccccc2C(C(=O)O)C1/C(C=N)=C/N. The zero-order valence-corrected chi connectivity index (χ0v) is 13.2. The number of hydrogen-bond acceptors (Lipinski definition) is 4. The predicted molar refractivity (Wildman–Crippen MR) is 87.5 cm³/mol. The van der Waals surface area contributed by atoms with Gasteiger partial charge in [0.15, 0.2) is 0 Å². The van der Waals surface area contributed by atoms with Gasteiger partial charge in [-0.2, -0.15) is 0 Å². The molecule has 0 fully saturated rings. The Kier molecular flexibility index (Phi) is 4.83. The number of nitrogens with zero attached hydrogens (tertiary/aromatic N) is 1. The standard InChI is InChI=1S/C17H21N3O3/c1-10(2)9-20-15(11(7-18)8-19)14(17(22)23)12-5-3-4-6-13(12)16(20)21/h3-8,10,14-15,18H,9,19H2,1-2H3,(H,22,23)/b11-8+,18-7?. The number of carboxylic acids is 1. The zero-order valence-electron chi connectivity index (χ0n) is 13.2. The molecule has 2 unspecified atom stereocenters. The summed E-state index contributed by atoms with van der Waals surface area (Å²) in [5.74, 6) is -2.05. The highest BCUT2D eigenvalue weighted by Crippen LogP contribution is 2.36. The highest BCUT2D eigenvalue weighted by atomic mass is 16.4. The van der Waals surface area contributed by atoms with Crippen LogP contribution >= 0.6 is 0 Å². The maximum absolute atomic E-state index is 12.9. The van der Waals surface area contributed by atoms with E-state index in [2.05, 4.69) is 0 Å². The molecule has 4 N–H and O–H groups in total. The molecule has 1 aromatic carbocycles. The van der Waals surface area contributed by atoms with Gasteiger partial charge in [-0.3, -0.25) is 9.59 Å². The molecule has 1 heterocycles. The van der Waals surface area contributed by atoms with Crippen molar-refractivity contribution < 1.29 is 14.7 Å². The van der Waals surface area contributed by atoms with E-state index in [4.69, 9.17) is 11.1 Å².